The molecule has 2 rings (SSSR count). The number of rotatable bonds is 5. The van der Waals surface area contributed by atoms with Crippen LogP contribution in [0.25, 0.3) is 0 Å². The second-order valence-corrected chi connectivity index (χ2v) is 6.28. The van der Waals surface area contributed by atoms with E-state index < -0.39 is 10.0 Å². The maximum atomic E-state index is 12.2. The molecule has 1 aromatic carbocycles. The van der Waals surface area contributed by atoms with E-state index in [-0.39, 0.29) is 0 Å². The SMILES string of the molecule is Cc1ccc(S(=O)(=O)NCCc2ccoc2)c(C)c1. The lowest BCUT2D eigenvalue weighted by molar-refractivity contribution is 0.562. The molecule has 0 saturated carbocycles. The van der Waals surface area contributed by atoms with Crippen molar-refractivity contribution in [2.24, 2.45) is 0 Å². The van der Waals surface area contributed by atoms with Gasteiger partial charge in [0.1, 0.15) is 0 Å². The Hall–Kier alpha value is -1.59. The summed E-state index contributed by atoms with van der Waals surface area (Å²) in [6.45, 7) is 4.10. The van der Waals surface area contributed by atoms with Crippen LogP contribution in [0.1, 0.15) is 16.7 Å². The first-order valence-corrected chi connectivity index (χ1v) is 7.55. The molecule has 0 unspecified atom stereocenters. The van der Waals surface area contributed by atoms with E-state index in [1.54, 1.807) is 31.6 Å². The summed E-state index contributed by atoms with van der Waals surface area (Å²) in [6.07, 6.45) is 3.81. The molecule has 0 bridgehead atoms. The molecule has 1 N–H and O–H groups in total. The Morgan fingerprint density at radius 2 is 2.00 bits per heavy atom. The molecule has 1 aromatic heterocycles. The fourth-order valence-electron chi connectivity index (χ4n) is 1.94. The van der Waals surface area contributed by atoms with Gasteiger partial charge >= 0.3 is 0 Å². The predicted molar refractivity (Wildman–Crippen MR) is 73.5 cm³/mol. The van der Waals surface area contributed by atoms with Gasteiger partial charge in [-0.05, 0) is 43.5 Å². The van der Waals surface area contributed by atoms with Gasteiger partial charge in [0.25, 0.3) is 0 Å². The number of aryl methyl sites for hydroxylation is 2. The summed E-state index contributed by atoms with van der Waals surface area (Å²) in [5, 5.41) is 0. The lowest BCUT2D eigenvalue weighted by Gasteiger charge is -2.09. The van der Waals surface area contributed by atoms with Crippen LogP contribution in [-0.4, -0.2) is 15.0 Å². The van der Waals surface area contributed by atoms with Crippen LogP contribution in [0.15, 0.2) is 46.1 Å². The van der Waals surface area contributed by atoms with Gasteiger partial charge in [0, 0.05) is 6.54 Å². The van der Waals surface area contributed by atoms with E-state index in [2.05, 4.69) is 4.72 Å². The average molecular weight is 279 g/mol. The van der Waals surface area contributed by atoms with Gasteiger partial charge in [0.15, 0.2) is 0 Å². The molecule has 102 valence electrons. The van der Waals surface area contributed by atoms with Crippen LogP contribution < -0.4 is 4.72 Å². The minimum absolute atomic E-state index is 0.338. The van der Waals surface area contributed by atoms with Crippen LogP contribution in [0.4, 0.5) is 0 Å². The highest BCUT2D eigenvalue weighted by molar-refractivity contribution is 7.89. The first-order chi connectivity index (χ1) is 8.99. The number of hydrogen-bond acceptors (Lipinski definition) is 3. The molecular weight excluding hydrogens is 262 g/mol. The second kappa shape index (κ2) is 5.59. The highest BCUT2D eigenvalue weighted by Crippen LogP contribution is 2.16. The van der Waals surface area contributed by atoms with E-state index >= 15 is 0 Å². The molecule has 2 aromatic rings. The average Bonchev–Trinajstić information content (AvgIpc) is 2.81. The van der Waals surface area contributed by atoms with Crippen molar-refractivity contribution in [1.29, 1.82) is 0 Å². The number of hydrogen-bond donors (Lipinski definition) is 1. The van der Waals surface area contributed by atoms with Crippen LogP contribution in [0.2, 0.25) is 0 Å². The topological polar surface area (TPSA) is 59.3 Å². The van der Waals surface area contributed by atoms with Crippen molar-refractivity contribution in [2.45, 2.75) is 25.2 Å². The third-order valence-electron chi connectivity index (χ3n) is 2.91. The zero-order chi connectivity index (χ0) is 13.9. The molecule has 0 fully saturated rings. The van der Waals surface area contributed by atoms with Gasteiger partial charge in [0.05, 0.1) is 17.4 Å². The molecule has 0 spiro atoms. The molecule has 0 saturated heterocycles. The minimum Gasteiger partial charge on any atom is -0.472 e. The lowest BCUT2D eigenvalue weighted by Crippen LogP contribution is -2.26. The zero-order valence-electron chi connectivity index (χ0n) is 11.0. The zero-order valence-corrected chi connectivity index (χ0v) is 11.8. The van der Waals surface area contributed by atoms with E-state index in [1.165, 1.54) is 0 Å². The highest BCUT2D eigenvalue weighted by Gasteiger charge is 2.15. The first-order valence-electron chi connectivity index (χ1n) is 6.07. The van der Waals surface area contributed by atoms with Crippen molar-refractivity contribution in [1.82, 2.24) is 4.72 Å². The summed E-state index contributed by atoms with van der Waals surface area (Å²) in [7, 11) is -3.44. The highest BCUT2D eigenvalue weighted by atomic mass is 32.2. The summed E-state index contributed by atoms with van der Waals surface area (Å²) in [6, 6.07) is 7.14. The Bertz CT molecular complexity index is 645. The smallest absolute Gasteiger partial charge is 0.240 e. The molecule has 0 atom stereocenters. The number of furan rings is 1. The van der Waals surface area contributed by atoms with Gasteiger partial charge in [-0.25, -0.2) is 13.1 Å². The normalized spacial score (nSPS) is 11.7. The van der Waals surface area contributed by atoms with Crippen LogP contribution in [0.3, 0.4) is 0 Å². The number of nitrogens with one attached hydrogen (secondary N) is 1. The van der Waals surface area contributed by atoms with Crippen molar-refractivity contribution in [3.05, 3.63) is 53.5 Å². The Morgan fingerprint density at radius 1 is 1.21 bits per heavy atom. The Kier molecular flexibility index (Phi) is 4.07. The molecule has 0 amide bonds. The molecule has 5 heteroatoms. The maximum absolute atomic E-state index is 12.2. The fourth-order valence-corrected chi connectivity index (χ4v) is 3.20. The summed E-state index contributed by atoms with van der Waals surface area (Å²) in [4.78, 5) is 0.338. The van der Waals surface area contributed by atoms with Crippen molar-refractivity contribution in [3.8, 4) is 0 Å². The largest absolute Gasteiger partial charge is 0.472 e. The van der Waals surface area contributed by atoms with Crippen LogP contribution in [0.5, 0.6) is 0 Å². The van der Waals surface area contributed by atoms with Crippen LogP contribution in [0, 0.1) is 13.8 Å². The second-order valence-electron chi connectivity index (χ2n) is 4.55. The van der Waals surface area contributed by atoms with Crippen LogP contribution >= 0.6 is 0 Å². The summed E-state index contributed by atoms with van der Waals surface area (Å²) in [5.41, 5.74) is 2.79. The van der Waals surface area contributed by atoms with Crippen molar-refractivity contribution < 1.29 is 12.8 Å². The molecule has 0 radical (unpaired) electrons. The molecule has 1 heterocycles. The van der Waals surface area contributed by atoms with Gasteiger partial charge in [0.2, 0.25) is 10.0 Å². The third-order valence-corrected chi connectivity index (χ3v) is 4.53. The van der Waals surface area contributed by atoms with Crippen molar-refractivity contribution >= 4 is 10.0 Å². The van der Waals surface area contributed by atoms with Gasteiger partial charge in [-0.3, -0.25) is 0 Å². The third kappa shape index (κ3) is 3.45. The molecule has 0 aliphatic heterocycles. The van der Waals surface area contributed by atoms with E-state index in [0.29, 0.717) is 17.9 Å². The fraction of sp³-hybridized carbons (Fsp3) is 0.286. The monoisotopic (exact) mass is 279 g/mol. The van der Waals surface area contributed by atoms with Gasteiger partial charge in [-0.15, -0.1) is 0 Å². The first kappa shape index (κ1) is 13.8. The van der Waals surface area contributed by atoms with Gasteiger partial charge < -0.3 is 4.42 Å². The van der Waals surface area contributed by atoms with Crippen LogP contribution in [-0.2, 0) is 16.4 Å². The molecule has 0 aliphatic carbocycles. The maximum Gasteiger partial charge on any atom is 0.240 e. The van der Waals surface area contributed by atoms with Gasteiger partial charge in [-0.1, -0.05) is 17.7 Å². The van der Waals surface area contributed by atoms with E-state index in [9.17, 15) is 8.42 Å². The molecule has 4 nitrogen and oxygen atoms in total. The summed E-state index contributed by atoms with van der Waals surface area (Å²) < 4.78 is 31.9. The quantitative estimate of drug-likeness (QED) is 0.914. The van der Waals surface area contributed by atoms with E-state index in [0.717, 1.165) is 16.7 Å². The minimum atomic E-state index is -3.44. The Balaban J connectivity index is 2.05. The Morgan fingerprint density at radius 3 is 2.63 bits per heavy atom. The Labute approximate surface area is 113 Å². The summed E-state index contributed by atoms with van der Waals surface area (Å²) >= 11 is 0. The molecule has 19 heavy (non-hydrogen) atoms. The molecule has 0 aliphatic rings. The lowest BCUT2D eigenvalue weighted by atomic mass is 10.2. The van der Waals surface area contributed by atoms with Crippen molar-refractivity contribution in [2.75, 3.05) is 6.54 Å². The number of benzene rings is 1. The van der Waals surface area contributed by atoms with Crippen molar-refractivity contribution in [3.63, 3.8) is 0 Å². The molecular formula is C14H17NO3S. The number of sulfonamides is 1. The predicted octanol–water partition coefficient (Wildman–Crippen LogP) is 2.42. The van der Waals surface area contributed by atoms with E-state index in [4.69, 9.17) is 4.42 Å². The standard InChI is InChI=1S/C14H17NO3S/c1-11-3-4-14(12(2)9-11)19(16,17)15-7-5-13-6-8-18-10-13/h3-4,6,8-10,15H,5,7H2,1-2H3. The summed E-state index contributed by atoms with van der Waals surface area (Å²) in [5.74, 6) is 0. The van der Waals surface area contributed by atoms with Gasteiger partial charge in [-0.2, -0.15) is 0 Å². The van der Waals surface area contributed by atoms with E-state index in [1.807, 2.05) is 19.1 Å².